The van der Waals surface area contributed by atoms with Gasteiger partial charge in [0.05, 0.1) is 0 Å². The van der Waals surface area contributed by atoms with Crippen LogP contribution in [-0.2, 0) is 5.41 Å². The average Bonchev–Trinajstić information content (AvgIpc) is 3.14. The third-order valence-corrected chi connectivity index (χ3v) is 5.32. The SMILES string of the molecule is Cc1ccc(C(=O)N2CC3(CCCC3)c3ccccc32)c(=O)[nH]1. The lowest BCUT2D eigenvalue weighted by atomic mass is 9.81. The molecule has 2 heterocycles. The molecule has 0 bridgehead atoms. The standard InChI is InChI=1S/C19H20N2O2/c1-13-8-9-14(17(22)20-13)18(23)21-12-19(10-4-5-11-19)15-6-2-3-7-16(15)21/h2-3,6-9H,4-5,10-12H2,1H3,(H,20,22). The van der Waals surface area contributed by atoms with Crippen LogP contribution in [0.3, 0.4) is 0 Å². The molecule has 0 saturated heterocycles. The van der Waals surface area contributed by atoms with Crippen molar-refractivity contribution >= 4 is 11.6 Å². The average molecular weight is 308 g/mol. The Morgan fingerprint density at radius 1 is 1.13 bits per heavy atom. The Bertz CT molecular complexity index is 831. The van der Waals surface area contributed by atoms with Crippen LogP contribution in [0.4, 0.5) is 5.69 Å². The van der Waals surface area contributed by atoms with Crippen molar-refractivity contribution in [1.82, 2.24) is 4.98 Å². The van der Waals surface area contributed by atoms with Gasteiger partial charge in [-0.2, -0.15) is 0 Å². The summed E-state index contributed by atoms with van der Waals surface area (Å²) in [5, 5.41) is 0. The van der Waals surface area contributed by atoms with Crippen molar-refractivity contribution in [2.75, 3.05) is 11.4 Å². The molecule has 1 N–H and O–H groups in total. The molecule has 0 unspecified atom stereocenters. The first kappa shape index (κ1) is 14.2. The zero-order valence-corrected chi connectivity index (χ0v) is 13.3. The van der Waals surface area contributed by atoms with Crippen LogP contribution < -0.4 is 10.5 Å². The number of aromatic nitrogens is 1. The van der Waals surface area contributed by atoms with E-state index >= 15 is 0 Å². The summed E-state index contributed by atoms with van der Waals surface area (Å²) in [5.41, 5.74) is 3.01. The molecule has 2 aliphatic rings. The summed E-state index contributed by atoms with van der Waals surface area (Å²) >= 11 is 0. The Labute approximate surface area is 135 Å². The van der Waals surface area contributed by atoms with Gasteiger partial charge in [0.1, 0.15) is 5.56 Å². The molecule has 1 fully saturated rings. The number of amides is 1. The maximum atomic E-state index is 13.0. The van der Waals surface area contributed by atoms with E-state index in [1.807, 2.05) is 25.1 Å². The zero-order chi connectivity index (χ0) is 16.0. The minimum absolute atomic E-state index is 0.0870. The summed E-state index contributed by atoms with van der Waals surface area (Å²) in [6, 6.07) is 11.6. The number of nitrogens with one attached hydrogen (secondary N) is 1. The first-order valence-corrected chi connectivity index (χ1v) is 8.22. The van der Waals surface area contributed by atoms with Crippen molar-refractivity contribution < 1.29 is 4.79 Å². The molecule has 1 aromatic heterocycles. The fourth-order valence-electron chi connectivity index (χ4n) is 4.18. The van der Waals surface area contributed by atoms with Crippen LogP contribution in [0, 0.1) is 6.92 Å². The zero-order valence-electron chi connectivity index (χ0n) is 13.3. The molecule has 1 aromatic carbocycles. The van der Waals surface area contributed by atoms with Crippen LogP contribution in [0.15, 0.2) is 41.2 Å². The molecule has 0 radical (unpaired) electrons. The van der Waals surface area contributed by atoms with Crippen LogP contribution in [0.1, 0.15) is 47.3 Å². The highest BCUT2D eigenvalue weighted by atomic mass is 16.2. The van der Waals surface area contributed by atoms with Crippen molar-refractivity contribution in [3.8, 4) is 0 Å². The second-order valence-electron chi connectivity index (χ2n) is 6.78. The van der Waals surface area contributed by atoms with E-state index in [-0.39, 0.29) is 22.4 Å². The second kappa shape index (κ2) is 5.08. The lowest BCUT2D eigenvalue weighted by Crippen LogP contribution is -2.38. The van der Waals surface area contributed by atoms with Gasteiger partial charge >= 0.3 is 0 Å². The van der Waals surface area contributed by atoms with Crippen molar-refractivity contribution in [1.29, 1.82) is 0 Å². The molecular weight excluding hydrogens is 288 g/mol. The molecule has 4 heteroatoms. The number of rotatable bonds is 1. The molecule has 4 rings (SSSR count). The van der Waals surface area contributed by atoms with Crippen molar-refractivity contribution in [3.05, 3.63) is 63.6 Å². The summed E-state index contributed by atoms with van der Waals surface area (Å²) in [4.78, 5) is 29.7. The number of aryl methyl sites for hydroxylation is 1. The number of nitrogens with zero attached hydrogens (tertiary/aromatic N) is 1. The van der Waals surface area contributed by atoms with E-state index in [4.69, 9.17) is 0 Å². The highest BCUT2D eigenvalue weighted by Gasteiger charge is 2.46. The number of hydrogen-bond donors (Lipinski definition) is 1. The number of anilines is 1. The summed E-state index contributed by atoms with van der Waals surface area (Å²) in [6.07, 6.45) is 4.67. The molecule has 1 spiro atoms. The van der Waals surface area contributed by atoms with Gasteiger partial charge in [-0.15, -0.1) is 0 Å². The molecule has 1 aliphatic carbocycles. The summed E-state index contributed by atoms with van der Waals surface area (Å²) in [6.45, 7) is 2.51. The summed E-state index contributed by atoms with van der Waals surface area (Å²) in [7, 11) is 0. The van der Waals surface area contributed by atoms with E-state index in [1.54, 1.807) is 17.0 Å². The van der Waals surface area contributed by atoms with Gasteiger partial charge in [0, 0.05) is 23.3 Å². The van der Waals surface area contributed by atoms with Crippen molar-refractivity contribution in [3.63, 3.8) is 0 Å². The Morgan fingerprint density at radius 3 is 2.61 bits per heavy atom. The van der Waals surface area contributed by atoms with Crippen LogP contribution in [0.25, 0.3) is 0 Å². The number of carbonyl (C=O) groups excluding carboxylic acids is 1. The third-order valence-electron chi connectivity index (χ3n) is 5.32. The van der Waals surface area contributed by atoms with E-state index in [1.165, 1.54) is 18.4 Å². The number of pyridine rings is 1. The van der Waals surface area contributed by atoms with E-state index in [2.05, 4.69) is 11.1 Å². The van der Waals surface area contributed by atoms with Crippen LogP contribution in [0.2, 0.25) is 0 Å². The van der Waals surface area contributed by atoms with Crippen LogP contribution in [0.5, 0.6) is 0 Å². The first-order chi connectivity index (χ1) is 11.1. The number of aromatic amines is 1. The lowest BCUT2D eigenvalue weighted by molar-refractivity contribution is 0.0983. The van der Waals surface area contributed by atoms with Gasteiger partial charge in [0.25, 0.3) is 11.5 Å². The number of benzene rings is 1. The summed E-state index contributed by atoms with van der Waals surface area (Å²) < 4.78 is 0. The fourth-order valence-corrected chi connectivity index (χ4v) is 4.18. The maximum absolute atomic E-state index is 13.0. The van der Waals surface area contributed by atoms with E-state index in [0.717, 1.165) is 24.2 Å². The highest BCUT2D eigenvalue weighted by molar-refractivity contribution is 6.07. The second-order valence-corrected chi connectivity index (χ2v) is 6.78. The van der Waals surface area contributed by atoms with Crippen LogP contribution in [-0.4, -0.2) is 17.4 Å². The largest absolute Gasteiger partial charge is 0.326 e. The molecule has 118 valence electrons. The topological polar surface area (TPSA) is 53.2 Å². The first-order valence-electron chi connectivity index (χ1n) is 8.22. The van der Waals surface area contributed by atoms with Crippen LogP contribution >= 0.6 is 0 Å². The smallest absolute Gasteiger partial charge is 0.263 e. The Hall–Kier alpha value is -2.36. The molecule has 1 aliphatic heterocycles. The lowest BCUT2D eigenvalue weighted by Gasteiger charge is -2.24. The van der Waals surface area contributed by atoms with Gasteiger partial charge in [0.15, 0.2) is 0 Å². The molecule has 1 amide bonds. The Morgan fingerprint density at radius 2 is 1.87 bits per heavy atom. The Balaban J connectivity index is 1.78. The quantitative estimate of drug-likeness (QED) is 0.880. The predicted octanol–water partition coefficient (Wildman–Crippen LogP) is 3.16. The van der Waals surface area contributed by atoms with Crippen molar-refractivity contribution in [2.45, 2.75) is 38.0 Å². The molecule has 2 aromatic rings. The predicted molar refractivity (Wildman–Crippen MR) is 90.1 cm³/mol. The minimum atomic E-state index is -0.306. The van der Waals surface area contributed by atoms with E-state index in [0.29, 0.717) is 6.54 Å². The summed E-state index contributed by atoms with van der Waals surface area (Å²) in [5.74, 6) is -0.192. The molecule has 0 atom stereocenters. The normalized spacial score (nSPS) is 18.4. The minimum Gasteiger partial charge on any atom is -0.326 e. The van der Waals surface area contributed by atoms with Gasteiger partial charge in [-0.05, 0) is 43.5 Å². The van der Waals surface area contributed by atoms with E-state index < -0.39 is 0 Å². The van der Waals surface area contributed by atoms with E-state index in [9.17, 15) is 9.59 Å². The van der Waals surface area contributed by atoms with Gasteiger partial charge in [-0.25, -0.2) is 0 Å². The van der Waals surface area contributed by atoms with Gasteiger partial charge in [0.2, 0.25) is 0 Å². The number of hydrogen-bond acceptors (Lipinski definition) is 2. The fraction of sp³-hybridized carbons (Fsp3) is 0.368. The number of carbonyl (C=O) groups is 1. The Kier molecular flexibility index (Phi) is 3.15. The molecule has 23 heavy (non-hydrogen) atoms. The van der Waals surface area contributed by atoms with Gasteiger partial charge in [-0.3, -0.25) is 9.59 Å². The molecular formula is C19H20N2O2. The number of para-hydroxylation sites is 1. The monoisotopic (exact) mass is 308 g/mol. The highest BCUT2D eigenvalue weighted by Crippen LogP contribution is 2.50. The van der Waals surface area contributed by atoms with Crippen molar-refractivity contribution in [2.24, 2.45) is 0 Å². The molecule has 1 saturated carbocycles. The van der Waals surface area contributed by atoms with Gasteiger partial charge < -0.3 is 9.88 Å². The maximum Gasteiger partial charge on any atom is 0.263 e. The third kappa shape index (κ3) is 2.12. The van der Waals surface area contributed by atoms with Gasteiger partial charge in [-0.1, -0.05) is 31.0 Å². The number of H-pyrrole nitrogens is 1. The number of fused-ring (bicyclic) bond motifs is 2. The molecule has 4 nitrogen and oxygen atoms in total.